The van der Waals surface area contributed by atoms with Crippen molar-refractivity contribution in [3.8, 4) is 16.9 Å². The Morgan fingerprint density at radius 1 is 0.639 bits per heavy atom. The molecule has 0 fully saturated rings. The molecule has 0 radical (unpaired) electrons. The van der Waals surface area contributed by atoms with Gasteiger partial charge in [0.15, 0.2) is 0 Å². The van der Waals surface area contributed by atoms with Crippen LogP contribution in [0.1, 0.15) is 11.1 Å². The zero-order valence-electron chi connectivity index (χ0n) is 21.2. The Hall–Kier alpha value is -4.02. The second-order valence-corrected chi connectivity index (χ2v) is 14.5. The molecule has 3 aromatic carbocycles. The van der Waals surface area contributed by atoms with Gasteiger partial charge in [0.05, 0.1) is 11.0 Å². The highest BCUT2D eigenvalue weighted by molar-refractivity contribution is 7.00. The van der Waals surface area contributed by atoms with Crippen LogP contribution in [0, 0.1) is 13.8 Å². The summed E-state index contributed by atoms with van der Waals surface area (Å²) in [6.45, 7) is 9.08. The third-order valence-corrected chi connectivity index (χ3v) is 10.8. The first-order valence-corrected chi connectivity index (χ1v) is 15.4. The van der Waals surface area contributed by atoms with Crippen LogP contribution in [0.2, 0.25) is 13.1 Å². The van der Waals surface area contributed by atoms with E-state index >= 15 is 0 Å². The van der Waals surface area contributed by atoms with Crippen LogP contribution in [0.4, 0.5) is 0 Å². The summed E-state index contributed by atoms with van der Waals surface area (Å²) >= 11 is 0. The van der Waals surface area contributed by atoms with E-state index in [1.54, 1.807) is 0 Å². The number of benzene rings is 3. The van der Waals surface area contributed by atoms with E-state index in [1.807, 2.05) is 24.5 Å². The van der Waals surface area contributed by atoms with Crippen molar-refractivity contribution in [3.63, 3.8) is 0 Å². The Balaban J connectivity index is 1.54. The highest BCUT2D eigenvalue weighted by atomic mass is 28.3. The fraction of sp³-hybridized carbons (Fsp3) is 0.125. The first-order chi connectivity index (χ1) is 17.4. The van der Waals surface area contributed by atoms with Crippen LogP contribution < -0.4 is 10.5 Å². The Labute approximate surface area is 213 Å². The van der Waals surface area contributed by atoms with Gasteiger partial charge in [-0.15, -0.1) is 0 Å². The van der Waals surface area contributed by atoms with Crippen molar-refractivity contribution in [2.75, 3.05) is 0 Å². The lowest BCUT2D eigenvalue weighted by atomic mass is 10.0. The molecule has 0 aliphatic rings. The van der Waals surface area contributed by atoms with E-state index in [1.165, 1.54) is 54.6 Å². The summed E-state index contributed by atoms with van der Waals surface area (Å²) < 4.78 is 2.29. The molecule has 6 aromatic rings. The number of aromatic nitrogens is 3. The maximum atomic E-state index is 4.80. The fourth-order valence-electron chi connectivity index (χ4n) is 5.40. The summed E-state index contributed by atoms with van der Waals surface area (Å²) in [6, 6.07) is 32.9. The maximum absolute atomic E-state index is 4.80. The Bertz CT molecular complexity index is 1750. The zero-order valence-corrected chi connectivity index (χ0v) is 22.2. The molecule has 0 aliphatic carbocycles. The summed E-state index contributed by atoms with van der Waals surface area (Å²) in [6.07, 6.45) is 3.82. The Morgan fingerprint density at radius 3 is 2.28 bits per heavy atom. The first kappa shape index (κ1) is 22.4. The lowest BCUT2D eigenvalue weighted by molar-refractivity contribution is 1.07. The second kappa shape index (κ2) is 8.57. The molecule has 0 N–H and O–H groups in total. The number of fused-ring (bicyclic) bond motifs is 3. The average Bonchev–Trinajstić information content (AvgIpc) is 3.22. The van der Waals surface area contributed by atoms with Crippen LogP contribution >= 0.6 is 0 Å². The van der Waals surface area contributed by atoms with Gasteiger partial charge in [-0.25, -0.2) is 4.98 Å². The molecule has 0 bridgehead atoms. The van der Waals surface area contributed by atoms with Gasteiger partial charge in [0.25, 0.3) is 0 Å². The summed E-state index contributed by atoms with van der Waals surface area (Å²) in [5.41, 5.74) is 7.27. The standard InChI is InChI=1S/C32H29N3Si/c1-22-16-18-33-31(19-22)35-29-13-6-5-12-27(29)28-15-14-25(21-30(28)35)24-10-7-11-26(20-24)36(3,4)32-23(2)9-8-17-34-32/h5-21H,1-4H3. The van der Waals surface area contributed by atoms with E-state index in [-0.39, 0.29) is 0 Å². The number of aryl methyl sites for hydroxylation is 2. The quantitative estimate of drug-likeness (QED) is 0.262. The predicted octanol–water partition coefficient (Wildman–Crippen LogP) is 6.68. The molecule has 0 aliphatic heterocycles. The normalized spacial score (nSPS) is 11.9. The predicted molar refractivity (Wildman–Crippen MR) is 154 cm³/mol. The molecular weight excluding hydrogens is 454 g/mol. The van der Waals surface area contributed by atoms with E-state index in [0.29, 0.717) is 0 Å². The molecule has 0 saturated carbocycles. The lowest BCUT2D eigenvalue weighted by Gasteiger charge is -2.24. The summed E-state index contributed by atoms with van der Waals surface area (Å²) in [4.78, 5) is 9.53. The van der Waals surface area contributed by atoms with Crippen molar-refractivity contribution < 1.29 is 0 Å². The highest BCUT2D eigenvalue weighted by Gasteiger charge is 2.29. The molecule has 3 aromatic heterocycles. The molecule has 0 spiro atoms. The molecule has 36 heavy (non-hydrogen) atoms. The first-order valence-electron chi connectivity index (χ1n) is 12.4. The van der Waals surface area contributed by atoms with E-state index in [0.717, 1.165) is 5.82 Å². The van der Waals surface area contributed by atoms with Crippen molar-refractivity contribution >= 4 is 40.4 Å². The van der Waals surface area contributed by atoms with Gasteiger partial charge >= 0.3 is 0 Å². The summed E-state index contributed by atoms with van der Waals surface area (Å²) in [5, 5.41) is 5.13. The number of rotatable bonds is 4. The van der Waals surface area contributed by atoms with Gasteiger partial charge in [-0.1, -0.05) is 78.9 Å². The van der Waals surface area contributed by atoms with Crippen molar-refractivity contribution in [2.45, 2.75) is 26.9 Å². The lowest BCUT2D eigenvalue weighted by Crippen LogP contribution is -2.55. The number of hydrogen-bond donors (Lipinski definition) is 0. The van der Waals surface area contributed by atoms with Gasteiger partial charge in [-0.2, -0.15) is 0 Å². The molecule has 3 nitrogen and oxygen atoms in total. The van der Waals surface area contributed by atoms with Crippen LogP contribution in [0.25, 0.3) is 38.8 Å². The third-order valence-electron chi connectivity index (χ3n) is 7.32. The number of nitrogens with zero attached hydrogens (tertiary/aromatic N) is 3. The van der Waals surface area contributed by atoms with Crippen LogP contribution in [0.15, 0.2) is 103 Å². The third kappa shape index (κ3) is 3.66. The van der Waals surface area contributed by atoms with Crippen molar-refractivity contribution in [1.82, 2.24) is 14.5 Å². The SMILES string of the molecule is Cc1ccnc(-n2c3ccccc3c3ccc(-c4cccc([Si](C)(C)c5ncccc5C)c4)cc32)c1. The van der Waals surface area contributed by atoms with E-state index in [2.05, 4.69) is 110 Å². The highest BCUT2D eigenvalue weighted by Crippen LogP contribution is 2.34. The average molecular weight is 484 g/mol. The Morgan fingerprint density at radius 2 is 1.44 bits per heavy atom. The molecule has 6 rings (SSSR count). The minimum atomic E-state index is -1.94. The Kier molecular flexibility index (Phi) is 5.35. The molecular formula is C32H29N3Si. The molecule has 176 valence electrons. The zero-order chi connectivity index (χ0) is 24.9. The largest absolute Gasteiger partial charge is 0.294 e. The molecule has 0 amide bonds. The topological polar surface area (TPSA) is 30.7 Å². The monoisotopic (exact) mass is 483 g/mol. The summed E-state index contributed by atoms with van der Waals surface area (Å²) in [5.74, 6) is 0.950. The van der Waals surface area contributed by atoms with E-state index in [9.17, 15) is 0 Å². The van der Waals surface area contributed by atoms with Crippen molar-refractivity contribution in [3.05, 3.63) is 115 Å². The van der Waals surface area contributed by atoms with Crippen LogP contribution in [-0.4, -0.2) is 22.6 Å². The molecule has 0 saturated heterocycles. The number of para-hydroxylation sites is 1. The molecule has 0 atom stereocenters. The van der Waals surface area contributed by atoms with Crippen molar-refractivity contribution in [1.29, 1.82) is 0 Å². The minimum absolute atomic E-state index is 0.950. The van der Waals surface area contributed by atoms with Crippen LogP contribution in [0.5, 0.6) is 0 Å². The summed E-state index contributed by atoms with van der Waals surface area (Å²) in [7, 11) is -1.94. The minimum Gasteiger partial charge on any atom is -0.294 e. The number of pyridine rings is 2. The smallest absolute Gasteiger partial charge is 0.137 e. The molecule has 4 heteroatoms. The number of hydrogen-bond acceptors (Lipinski definition) is 2. The van der Waals surface area contributed by atoms with Crippen LogP contribution in [0.3, 0.4) is 0 Å². The van der Waals surface area contributed by atoms with Gasteiger partial charge in [-0.3, -0.25) is 9.55 Å². The fourth-order valence-corrected chi connectivity index (χ4v) is 8.17. The maximum Gasteiger partial charge on any atom is 0.137 e. The second-order valence-electron chi connectivity index (χ2n) is 10.2. The van der Waals surface area contributed by atoms with Gasteiger partial charge in [-0.05, 0) is 66.4 Å². The van der Waals surface area contributed by atoms with Gasteiger partial charge in [0, 0.05) is 28.5 Å². The van der Waals surface area contributed by atoms with Gasteiger partial charge < -0.3 is 0 Å². The molecule has 3 heterocycles. The van der Waals surface area contributed by atoms with E-state index < -0.39 is 8.07 Å². The van der Waals surface area contributed by atoms with Crippen LogP contribution in [-0.2, 0) is 0 Å². The molecule has 0 unspecified atom stereocenters. The van der Waals surface area contributed by atoms with Gasteiger partial charge in [0.1, 0.15) is 13.9 Å². The van der Waals surface area contributed by atoms with Crippen molar-refractivity contribution in [2.24, 2.45) is 0 Å². The van der Waals surface area contributed by atoms with Gasteiger partial charge in [0.2, 0.25) is 0 Å². The van der Waals surface area contributed by atoms with E-state index in [4.69, 9.17) is 9.97 Å².